The molecule has 0 aliphatic rings. The molecule has 2 aromatic rings. The molecule has 2 heterocycles. The molecule has 0 bridgehead atoms. The zero-order chi connectivity index (χ0) is 12.3. The quantitative estimate of drug-likeness (QED) is 0.877. The second kappa shape index (κ2) is 5.37. The molecule has 17 heavy (non-hydrogen) atoms. The molecule has 0 spiro atoms. The topological polar surface area (TPSA) is 55.6 Å². The van der Waals surface area contributed by atoms with E-state index in [0.717, 1.165) is 18.8 Å². The minimum atomic E-state index is 0.162. The largest absolute Gasteiger partial charge is 0.311 e. The highest BCUT2D eigenvalue weighted by molar-refractivity contribution is 7.10. The number of hydrogen-bond donors (Lipinski definition) is 1. The fourth-order valence-electron chi connectivity index (χ4n) is 1.72. The first kappa shape index (κ1) is 12.2. The fourth-order valence-corrected chi connectivity index (χ4v) is 2.68. The second-order valence-corrected chi connectivity index (χ2v) is 4.93. The van der Waals surface area contributed by atoms with E-state index in [1.54, 1.807) is 11.3 Å². The van der Waals surface area contributed by atoms with Gasteiger partial charge in [0.2, 0.25) is 0 Å². The monoisotopic (exact) mass is 251 g/mol. The van der Waals surface area contributed by atoms with Gasteiger partial charge < -0.3 is 5.32 Å². The highest BCUT2D eigenvalue weighted by Gasteiger charge is 2.14. The van der Waals surface area contributed by atoms with Gasteiger partial charge in [0.1, 0.15) is 0 Å². The molecule has 0 radical (unpaired) electrons. The molecule has 6 heteroatoms. The lowest BCUT2D eigenvalue weighted by molar-refractivity contribution is 0.541. The molecule has 2 rings (SSSR count). The van der Waals surface area contributed by atoms with Gasteiger partial charge in [0, 0.05) is 4.88 Å². The summed E-state index contributed by atoms with van der Waals surface area (Å²) in [7, 11) is 1.91. The smallest absolute Gasteiger partial charge is 0.168 e. The van der Waals surface area contributed by atoms with Crippen LogP contribution in [0.3, 0.4) is 0 Å². The number of thiophene rings is 1. The Morgan fingerprint density at radius 3 is 3.06 bits per heavy atom. The van der Waals surface area contributed by atoms with E-state index in [0.29, 0.717) is 0 Å². The number of tetrazole rings is 1. The molecule has 2 aromatic heterocycles. The van der Waals surface area contributed by atoms with Crippen LogP contribution in [0.4, 0.5) is 0 Å². The van der Waals surface area contributed by atoms with E-state index in [1.807, 2.05) is 11.7 Å². The normalized spacial score (nSPS) is 12.9. The van der Waals surface area contributed by atoms with E-state index in [2.05, 4.69) is 46.1 Å². The molecule has 1 atom stereocenters. The summed E-state index contributed by atoms with van der Waals surface area (Å²) in [4.78, 5) is 1.34. The first-order chi connectivity index (χ1) is 8.26. The zero-order valence-corrected chi connectivity index (χ0v) is 11.2. The molecule has 5 nitrogen and oxygen atoms in total. The van der Waals surface area contributed by atoms with Crippen molar-refractivity contribution in [3.8, 4) is 0 Å². The van der Waals surface area contributed by atoms with Gasteiger partial charge in [-0.3, -0.25) is 0 Å². The first-order valence-electron chi connectivity index (χ1n) is 5.74. The third-order valence-corrected chi connectivity index (χ3v) is 3.84. The number of aromatic nitrogens is 4. The third kappa shape index (κ3) is 2.53. The molecule has 0 aromatic carbocycles. The maximum absolute atomic E-state index is 4.07. The van der Waals surface area contributed by atoms with E-state index in [1.165, 1.54) is 10.4 Å². The van der Waals surface area contributed by atoms with Crippen molar-refractivity contribution in [2.45, 2.75) is 32.9 Å². The molecule has 1 unspecified atom stereocenters. The van der Waals surface area contributed by atoms with Gasteiger partial charge in [0.15, 0.2) is 5.82 Å². The van der Waals surface area contributed by atoms with Crippen molar-refractivity contribution < 1.29 is 0 Å². The van der Waals surface area contributed by atoms with Crippen LogP contribution in [-0.2, 0) is 13.0 Å². The highest BCUT2D eigenvalue weighted by atomic mass is 32.1. The molecule has 0 saturated heterocycles. The van der Waals surface area contributed by atoms with Crippen LogP contribution in [0.25, 0.3) is 0 Å². The molecule has 0 amide bonds. The van der Waals surface area contributed by atoms with Crippen molar-refractivity contribution in [2.24, 2.45) is 0 Å². The SMILES string of the molecule is CCc1ccsc1Cn1nnnc1C(C)NC. The van der Waals surface area contributed by atoms with Crippen molar-refractivity contribution in [3.05, 3.63) is 27.7 Å². The summed E-state index contributed by atoms with van der Waals surface area (Å²) < 4.78 is 1.87. The van der Waals surface area contributed by atoms with E-state index in [4.69, 9.17) is 0 Å². The maximum Gasteiger partial charge on any atom is 0.168 e. The van der Waals surface area contributed by atoms with Gasteiger partial charge in [-0.15, -0.1) is 16.4 Å². The lowest BCUT2D eigenvalue weighted by atomic mass is 10.2. The molecular weight excluding hydrogens is 234 g/mol. The summed E-state index contributed by atoms with van der Waals surface area (Å²) in [6.07, 6.45) is 1.05. The van der Waals surface area contributed by atoms with Crippen molar-refractivity contribution in [2.75, 3.05) is 7.05 Å². The van der Waals surface area contributed by atoms with E-state index in [9.17, 15) is 0 Å². The van der Waals surface area contributed by atoms with E-state index >= 15 is 0 Å². The maximum atomic E-state index is 4.07. The van der Waals surface area contributed by atoms with Gasteiger partial charge in [0.05, 0.1) is 12.6 Å². The Hall–Kier alpha value is -1.27. The standard InChI is InChI=1S/C11H17N5S/c1-4-9-5-6-17-10(9)7-16-11(8(2)12-3)13-14-15-16/h5-6,8,12H,4,7H2,1-3H3. The highest BCUT2D eigenvalue weighted by Crippen LogP contribution is 2.19. The predicted octanol–water partition coefficient (Wildman–Crippen LogP) is 1.63. The fraction of sp³-hybridized carbons (Fsp3) is 0.545. The van der Waals surface area contributed by atoms with Gasteiger partial charge >= 0.3 is 0 Å². The minimum absolute atomic E-state index is 0.162. The average Bonchev–Trinajstić information content (AvgIpc) is 2.97. The van der Waals surface area contributed by atoms with Crippen molar-refractivity contribution >= 4 is 11.3 Å². The molecule has 1 N–H and O–H groups in total. The third-order valence-electron chi connectivity index (χ3n) is 2.89. The molecule has 92 valence electrons. The van der Waals surface area contributed by atoms with Gasteiger partial charge in [-0.25, -0.2) is 4.68 Å². The number of nitrogens with one attached hydrogen (secondary N) is 1. The summed E-state index contributed by atoms with van der Waals surface area (Å²) in [6, 6.07) is 2.33. The van der Waals surface area contributed by atoms with Crippen molar-refractivity contribution in [1.82, 2.24) is 25.5 Å². The summed E-state index contributed by atoms with van der Waals surface area (Å²) in [6.45, 7) is 4.98. The van der Waals surface area contributed by atoms with Crippen LogP contribution < -0.4 is 5.32 Å². The first-order valence-corrected chi connectivity index (χ1v) is 6.62. The van der Waals surface area contributed by atoms with Gasteiger partial charge in [-0.1, -0.05) is 6.92 Å². The van der Waals surface area contributed by atoms with Crippen molar-refractivity contribution in [3.63, 3.8) is 0 Å². The molecule has 0 aliphatic carbocycles. The van der Waals surface area contributed by atoms with Gasteiger partial charge in [0.25, 0.3) is 0 Å². The van der Waals surface area contributed by atoms with Gasteiger partial charge in [-0.05, 0) is 47.8 Å². The van der Waals surface area contributed by atoms with Crippen LogP contribution in [-0.4, -0.2) is 27.3 Å². The van der Waals surface area contributed by atoms with Gasteiger partial charge in [-0.2, -0.15) is 0 Å². The average molecular weight is 251 g/mol. The number of hydrogen-bond acceptors (Lipinski definition) is 5. The Bertz CT molecular complexity index is 476. The Morgan fingerprint density at radius 1 is 1.53 bits per heavy atom. The summed E-state index contributed by atoms with van der Waals surface area (Å²) in [5.41, 5.74) is 1.38. The number of nitrogens with zero attached hydrogens (tertiary/aromatic N) is 4. The summed E-state index contributed by atoms with van der Waals surface area (Å²) in [5.74, 6) is 0.878. The van der Waals surface area contributed by atoms with Crippen LogP contribution in [0, 0.1) is 0 Å². The summed E-state index contributed by atoms with van der Waals surface area (Å²) in [5, 5.41) is 17.2. The Morgan fingerprint density at radius 2 is 2.35 bits per heavy atom. The van der Waals surface area contributed by atoms with Crippen LogP contribution in [0.1, 0.15) is 36.2 Å². The number of rotatable bonds is 5. The zero-order valence-electron chi connectivity index (χ0n) is 10.3. The van der Waals surface area contributed by atoms with Crippen LogP contribution >= 0.6 is 11.3 Å². The predicted molar refractivity (Wildman–Crippen MR) is 68.1 cm³/mol. The Kier molecular flexibility index (Phi) is 3.86. The van der Waals surface area contributed by atoms with E-state index in [-0.39, 0.29) is 6.04 Å². The Labute approximate surface area is 105 Å². The lowest BCUT2D eigenvalue weighted by Gasteiger charge is -2.10. The van der Waals surface area contributed by atoms with Crippen molar-refractivity contribution in [1.29, 1.82) is 0 Å². The van der Waals surface area contributed by atoms with Crippen LogP contribution in [0.2, 0.25) is 0 Å². The minimum Gasteiger partial charge on any atom is -0.311 e. The Balaban J connectivity index is 2.22. The lowest BCUT2D eigenvalue weighted by Crippen LogP contribution is -2.19. The molecule has 0 aliphatic heterocycles. The molecular formula is C11H17N5S. The molecule has 0 fully saturated rings. The number of aryl methyl sites for hydroxylation is 1. The summed E-state index contributed by atoms with van der Waals surface area (Å²) >= 11 is 1.76. The van der Waals surface area contributed by atoms with E-state index < -0.39 is 0 Å². The van der Waals surface area contributed by atoms with Crippen LogP contribution in [0.15, 0.2) is 11.4 Å². The molecule has 0 saturated carbocycles. The second-order valence-electron chi connectivity index (χ2n) is 3.93. The van der Waals surface area contributed by atoms with Crippen LogP contribution in [0.5, 0.6) is 0 Å².